The Morgan fingerprint density at radius 2 is 2.31 bits per heavy atom. The SMILES string of the molecule is CCC(C#N)C(=O)c1ccc2[nH]ccc2c1. The average Bonchev–Trinajstić information content (AvgIpc) is 2.77. The number of ketones is 1. The minimum atomic E-state index is -0.531. The van der Waals surface area contributed by atoms with E-state index in [2.05, 4.69) is 4.98 Å². The Balaban J connectivity index is 2.40. The van der Waals surface area contributed by atoms with Gasteiger partial charge in [0.15, 0.2) is 5.78 Å². The van der Waals surface area contributed by atoms with Gasteiger partial charge in [0.1, 0.15) is 5.92 Å². The molecule has 1 aromatic heterocycles. The van der Waals surface area contributed by atoms with Crippen LogP contribution in [0.2, 0.25) is 0 Å². The Morgan fingerprint density at radius 1 is 1.50 bits per heavy atom. The summed E-state index contributed by atoms with van der Waals surface area (Å²) in [5.41, 5.74) is 1.61. The number of rotatable bonds is 3. The van der Waals surface area contributed by atoms with Crippen molar-refractivity contribution >= 4 is 16.7 Å². The standard InChI is InChI=1S/C13H12N2O/c1-2-9(8-14)13(16)11-3-4-12-10(7-11)5-6-15-12/h3-7,9,15H,2H2,1H3. The van der Waals surface area contributed by atoms with E-state index in [0.29, 0.717) is 12.0 Å². The maximum Gasteiger partial charge on any atom is 0.179 e. The summed E-state index contributed by atoms with van der Waals surface area (Å²) in [7, 11) is 0. The van der Waals surface area contributed by atoms with E-state index in [9.17, 15) is 4.79 Å². The lowest BCUT2D eigenvalue weighted by Crippen LogP contribution is -2.11. The molecule has 1 unspecified atom stereocenters. The van der Waals surface area contributed by atoms with Crippen LogP contribution in [-0.4, -0.2) is 10.8 Å². The number of benzene rings is 1. The number of hydrogen-bond acceptors (Lipinski definition) is 2. The summed E-state index contributed by atoms with van der Waals surface area (Å²) in [4.78, 5) is 15.0. The number of nitrogens with one attached hydrogen (secondary N) is 1. The molecule has 16 heavy (non-hydrogen) atoms. The lowest BCUT2D eigenvalue weighted by atomic mass is 9.96. The fourth-order valence-electron chi connectivity index (χ4n) is 1.74. The summed E-state index contributed by atoms with van der Waals surface area (Å²) < 4.78 is 0. The number of aromatic amines is 1. The van der Waals surface area contributed by atoms with Gasteiger partial charge in [-0.25, -0.2) is 0 Å². The van der Waals surface area contributed by atoms with Crippen LogP contribution in [-0.2, 0) is 0 Å². The van der Waals surface area contributed by atoms with Gasteiger partial charge in [0, 0.05) is 22.7 Å². The molecule has 0 fully saturated rings. The second-order valence-corrected chi connectivity index (χ2v) is 3.73. The van der Waals surface area contributed by atoms with Gasteiger partial charge in [-0.1, -0.05) is 6.92 Å². The normalized spacial score (nSPS) is 12.2. The number of aromatic nitrogens is 1. The minimum Gasteiger partial charge on any atom is -0.361 e. The highest BCUT2D eigenvalue weighted by Crippen LogP contribution is 2.18. The zero-order chi connectivity index (χ0) is 11.5. The molecule has 0 aliphatic rings. The van der Waals surface area contributed by atoms with Crippen LogP contribution in [0.1, 0.15) is 23.7 Å². The van der Waals surface area contributed by atoms with Crippen LogP contribution in [0.5, 0.6) is 0 Å². The molecule has 1 atom stereocenters. The van der Waals surface area contributed by atoms with Crippen LogP contribution in [0, 0.1) is 17.2 Å². The number of carbonyl (C=O) groups is 1. The number of H-pyrrole nitrogens is 1. The smallest absolute Gasteiger partial charge is 0.179 e. The third kappa shape index (κ3) is 1.70. The third-order valence-electron chi connectivity index (χ3n) is 2.72. The first-order valence-corrected chi connectivity index (χ1v) is 5.27. The molecule has 1 N–H and O–H groups in total. The fraction of sp³-hybridized carbons (Fsp3) is 0.231. The van der Waals surface area contributed by atoms with Gasteiger partial charge >= 0.3 is 0 Å². The highest BCUT2D eigenvalue weighted by atomic mass is 16.1. The highest BCUT2D eigenvalue weighted by molar-refractivity contribution is 6.02. The van der Waals surface area contributed by atoms with Crippen molar-refractivity contribution in [2.45, 2.75) is 13.3 Å². The zero-order valence-corrected chi connectivity index (χ0v) is 9.03. The Labute approximate surface area is 93.7 Å². The second-order valence-electron chi connectivity index (χ2n) is 3.73. The van der Waals surface area contributed by atoms with Gasteiger partial charge in [-0.2, -0.15) is 5.26 Å². The first-order valence-electron chi connectivity index (χ1n) is 5.27. The van der Waals surface area contributed by atoms with Crippen LogP contribution in [0.25, 0.3) is 10.9 Å². The molecule has 0 aliphatic carbocycles. The maximum absolute atomic E-state index is 11.9. The first kappa shape index (κ1) is 10.4. The van der Waals surface area contributed by atoms with Crippen LogP contribution < -0.4 is 0 Å². The molecule has 0 spiro atoms. The van der Waals surface area contributed by atoms with Gasteiger partial charge in [0.05, 0.1) is 6.07 Å². The van der Waals surface area contributed by atoms with E-state index >= 15 is 0 Å². The van der Waals surface area contributed by atoms with Crippen molar-refractivity contribution in [3.05, 3.63) is 36.0 Å². The average molecular weight is 212 g/mol. The number of nitriles is 1. The molecule has 0 saturated heterocycles. The van der Waals surface area contributed by atoms with Crippen molar-refractivity contribution in [2.24, 2.45) is 5.92 Å². The second kappa shape index (κ2) is 4.19. The Hall–Kier alpha value is -2.08. The molecule has 0 aliphatic heterocycles. The maximum atomic E-state index is 11.9. The first-order chi connectivity index (χ1) is 7.76. The van der Waals surface area contributed by atoms with Crippen molar-refractivity contribution in [2.75, 3.05) is 0 Å². The molecule has 1 heterocycles. The van der Waals surface area contributed by atoms with E-state index in [-0.39, 0.29) is 5.78 Å². The van der Waals surface area contributed by atoms with E-state index in [0.717, 1.165) is 10.9 Å². The summed E-state index contributed by atoms with van der Waals surface area (Å²) >= 11 is 0. The van der Waals surface area contributed by atoms with Gasteiger partial charge in [-0.15, -0.1) is 0 Å². The number of nitrogens with zero attached hydrogens (tertiary/aromatic N) is 1. The molecule has 0 bridgehead atoms. The van der Waals surface area contributed by atoms with Crippen molar-refractivity contribution < 1.29 is 4.79 Å². The molecule has 2 rings (SSSR count). The molecule has 0 saturated carbocycles. The van der Waals surface area contributed by atoms with Gasteiger partial charge in [-0.05, 0) is 30.7 Å². The van der Waals surface area contributed by atoms with Crippen LogP contribution in [0.4, 0.5) is 0 Å². The summed E-state index contributed by atoms with van der Waals surface area (Å²) in [5, 5.41) is 9.85. The molecule has 2 aromatic rings. The number of hydrogen-bond donors (Lipinski definition) is 1. The predicted molar refractivity (Wildman–Crippen MR) is 62.0 cm³/mol. The minimum absolute atomic E-state index is 0.0897. The molecule has 0 radical (unpaired) electrons. The molecule has 3 nitrogen and oxygen atoms in total. The lowest BCUT2D eigenvalue weighted by Gasteiger charge is -2.04. The Morgan fingerprint density at radius 3 is 3.00 bits per heavy atom. The van der Waals surface area contributed by atoms with Gasteiger partial charge in [-0.3, -0.25) is 4.79 Å². The van der Waals surface area contributed by atoms with Crippen molar-refractivity contribution in [3.8, 4) is 6.07 Å². The lowest BCUT2D eigenvalue weighted by molar-refractivity contribution is 0.0947. The zero-order valence-electron chi connectivity index (χ0n) is 9.03. The van der Waals surface area contributed by atoms with Gasteiger partial charge < -0.3 is 4.98 Å². The summed E-state index contributed by atoms with van der Waals surface area (Å²) in [6, 6.07) is 9.41. The van der Waals surface area contributed by atoms with Gasteiger partial charge in [0.2, 0.25) is 0 Å². The van der Waals surface area contributed by atoms with Crippen molar-refractivity contribution in [1.82, 2.24) is 4.98 Å². The summed E-state index contributed by atoms with van der Waals surface area (Å²) in [6.45, 7) is 1.85. The number of Topliss-reactive ketones (excluding diaryl/α,β-unsaturated/α-hetero) is 1. The van der Waals surface area contributed by atoms with Crippen molar-refractivity contribution in [1.29, 1.82) is 5.26 Å². The Kier molecular flexibility index (Phi) is 2.74. The Bertz CT molecular complexity index is 563. The van der Waals surface area contributed by atoms with Crippen molar-refractivity contribution in [3.63, 3.8) is 0 Å². The van der Waals surface area contributed by atoms with Crippen LogP contribution in [0.15, 0.2) is 30.5 Å². The summed E-state index contributed by atoms with van der Waals surface area (Å²) in [5.74, 6) is -0.621. The van der Waals surface area contributed by atoms with E-state index in [1.807, 2.05) is 37.4 Å². The molecule has 80 valence electrons. The van der Waals surface area contributed by atoms with E-state index in [1.165, 1.54) is 0 Å². The molecular weight excluding hydrogens is 200 g/mol. The number of fused-ring (bicyclic) bond motifs is 1. The van der Waals surface area contributed by atoms with E-state index < -0.39 is 5.92 Å². The fourth-order valence-corrected chi connectivity index (χ4v) is 1.74. The molecule has 0 amide bonds. The molecular formula is C13H12N2O. The monoisotopic (exact) mass is 212 g/mol. The highest BCUT2D eigenvalue weighted by Gasteiger charge is 2.17. The molecule has 3 heteroatoms. The topological polar surface area (TPSA) is 56.6 Å². The summed E-state index contributed by atoms with van der Waals surface area (Å²) in [6.07, 6.45) is 2.39. The van der Waals surface area contributed by atoms with E-state index in [4.69, 9.17) is 5.26 Å². The van der Waals surface area contributed by atoms with E-state index in [1.54, 1.807) is 6.07 Å². The third-order valence-corrected chi connectivity index (χ3v) is 2.72. The quantitative estimate of drug-likeness (QED) is 0.795. The van der Waals surface area contributed by atoms with Crippen LogP contribution in [0.3, 0.4) is 0 Å². The molecule has 1 aromatic carbocycles. The largest absolute Gasteiger partial charge is 0.361 e. The van der Waals surface area contributed by atoms with Gasteiger partial charge in [0.25, 0.3) is 0 Å². The predicted octanol–water partition coefficient (Wildman–Crippen LogP) is 2.90. The number of carbonyl (C=O) groups excluding carboxylic acids is 1. The van der Waals surface area contributed by atoms with Crippen LogP contribution >= 0.6 is 0 Å².